The van der Waals surface area contributed by atoms with E-state index in [0.717, 1.165) is 12.0 Å². The van der Waals surface area contributed by atoms with Crippen LogP contribution < -0.4 is 11.3 Å². The molecule has 0 amide bonds. The topological polar surface area (TPSA) is 86.9 Å². The van der Waals surface area contributed by atoms with E-state index in [1.165, 1.54) is 0 Å². The summed E-state index contributed by atoms with van der Waals surface area (Å²) < 4.78 is 7.07. The van der Waals surface area contributed by atoms with Gasteiger partial charge in [-0.15, -0.1) is 0 Å². The van der Waals surface area contributed by atoms with Crippen molar-refractivity contribution in [3.63, 3.8) is 0 Å². The summed E-state index contributed by atoms with van der Waals surface area (Å²) in [5.41, 5.74) is 7.65. The summed E-state index contributed by atoms with van der Waals surface area (Å²) in [6.45, 7) is 2.73. The molecule has 0 saturated carbocycles. The van der Waals surface area contributed by atoms with E-state index in [9.17, 15) is 4.79 Å². The third kappa shape index (κ3) is 2.63. The standard InChI is InChI=1S/C16H16N4O2/c1-2-6-20-7-5-11(9-14(20)21)12-10-18-16(17)19-15(12)13-4-3-8-22-13/h3-5,7-10H,2,6H2,1H3,(H2,17,18,19). The summed E-state index contributed by atoms with van der Waals surface area (Å²) in [4.78, 5) is 20.4. The van der Waals surface area contributed by atoms with Crippen molar-refractivity contribution >= 4 is 5.95 Å². The van der Waals surface area contributed by atoms with Crippen molar-refractivity contribution in [3.05, 3.63) is 53.3 Å². The largest absolute Gasteiger partial charge is 0.463 e. The molecule has 0 spiro atoms. The fourth-order valence-corrected chi connectivity index (χ4v) is 2.31. The summed E-state index contributed by atoms with van der Waals surface area (Å²) >= 11 is 0. The quantitative estimate of drug-likeness (QED) is 0.799. The van der Waals surface area contributed by atoms with E-state index in [2.05, 4.69) is 9.97 Å². The summed E-state index contributed by atoms with van der Waals surface area (Å²) in [6.07, 6.45) is 5.86. The highest BCUT2D eigenvalue weighted by Crippen LogP contribution is 2.29. The Labute approximate surface area is 127 Å². The molecule has 6 heteroatoms. The van der Waals surface area contributed by atoms with Gasteiger partial charge in [0.15, 0.2) is 5.76 Å². The number of nitrogen functional groups attached to an aromatic ring is 1. The number of anilines is 1. The third-order valence-corrected chi connectivity index (χ3v) is 3.33. The third-order valence-electron chi connectivity index (χ3n) is 3.33. The van der Waals surface area contributed by atoms with Gasteiger partial charge in [-0.1, -0.05) is 6.92 Å². The Hall–Kier alpha value is -2.89. The smallest absolute Gasteiger partial charge is 0.251 e. The van der Waals surface area contributed by atoms with Gasteiger partial charge < -0.3 is 14.7 Å². The van der Waals surface area contributed by atoms with E-state index in [4.69, 9.17) is 10.2 Å². The number of nitrogens with zero attached hydrogens (tertiary/aromatic N) is 3. The monoisotopic (exact) mass is 296 g/mol. The maximum atomic E-state index is 12.1. The van der Waals surface area contributed by atoms with Crippen LogP contribution in [0.1, 0.15) is 13.3 Å². The van der Waals surface area contributed by atoms with Crippen LogP contribution in [0.4, 0.5) is 5.95 Å². The normalized spacial score (nSPS) is 10.8. The number of hydrogen-bond donors (Lipinski definition) is 1. The van der Waals surface area contributed by atoms with Crippen LogP contribution in [-0.4, -0.2) is 14.5 Å². The molecule has 0 atom stereocenters. The highest BCUT2D eigenvalue weighted by molar-refractivity contribution is 5.78. The van der Waals surface area contributed by atoms with Gasteiger partial charge in [0.2, 0.25) is 5.95 Å². The molecule has 0 fully saturated rings. The van der Waals surface area contributed by atoms with Gasteiger partial charge in [-0.3, -0.25) is 4.79 Å². The molecule has 0 radical (unpaired) electrons. The second-order valence-corrected chi connectivity index (χ2v) is 4.91. The molecule has 0 aliphatic rings. The number of nitrogens with two attached hydrogens (primary N) is 1. The van der Waals surface area contributed by atoms with Crippen LogP contribution in [0.2, 0.25) is 0 Å². The van der Waals surface area contributed by atoms with Crippen molar-refractivity contribution in [1.29, 1.82) is 0 Å². The molecule has 0 aliphatic heterocycles. The first-order valence-electron chi connectivity index (χ1n) is 7.06. The van der Waals surface area contributed by atoms with Crippen molar-refractivity contribution in [2.24, 2.45) is 0 Å². The van der Waals surface area contributed by atoms with Gasteiger partial charge in [0.25, 0.3) is 5.56 Å². The predicted octanol–water partition coefficient (Wildman–Crippen LogP) is 2.56. The first kappa shape index (κ1) is 14.1. The lowest BCUT2D eigenvalue weighted by Gasteiger charge is -2.09. The molecular weight excluding hydrogens is 280 g/mol. The van der Waals surface area contributed by atoms with Crippen LogP contribution in [0.3, 0.4) is 0 Å². The van der Waals surface area contributed by atoms with Crippen LogP contribution in [0.15, 0.2) is 52.1 Å². The van der Waals surface area contributed by atoms with Gasteiger partial charge in [-0.05, 0) is 30.2 Å². The zero-order valence-corrected chi connectivity index (χ0v) is 12.2. The Morgan fingerprint density at radius 1 is 1.36 bits per heavy atom. The fourth-order valence-electron chi connectivity index (χ4n) is 2.31. The van der Waals surface area contributed by atoms with Gasteiger partial charge in [0.05, 0.1) is 6.26 Å². The highest BCUT2D eigenvalue weighted by Gasteiger charge is 2.13. The van der Waals surface area contributed by atoms with E-state index in [1.807, 2.05) is 13.0 Å². The molecule has 3 aromatic heterocycles. The minimum absolute atomic E-state index is 0.0541. The summed E-state index contributed by atoms with van der Waals surface area (Å²) in [5, 5.41) is 0. The zero-order valence-electron chi connectivity index (χ0n) is 12.2. The lowest BCUT2D eigenvalue weighted by Crippen LogP contribution is -2.18. The summed E-state index contributed by atoms with van der Waals surface area (Å²) in [5.74, 6) is 0.747. The molecule has 0 unspecified atom stereocenters. The fraction of sp³-hybridized carbons (Fsp3) is 0.188. The minimum atomic E-state index is -0.0541. The van der Waals surface area contributed by atoms with Crippen LogP contribution >= 0.6 is 0 Å². The average molecular weight is 296 g/mol. The van der Waals surface area contributed by atoms with Crippen LogP contribution in [-0.2, 0) is 6.54 Å². The molecule has 0 aromatic carbocycles. The van der Waals surface area contributed by atoms with Crippen molar-refractivity contribution < 1.29 is 4.42 Å². The molecule has 6 nitrogen and oxygen atoms in total. The second kappa shape index (κ2) is 5.85. The SMILES string of the molecule is CCCn1ccc(-c2cnc(N)nc2-c2ccco2)cc1=O. The molecule has 0 bridgehead atoms. The molecule has 0 aliphatic carbocycles. The van der Waals surface area contributed by atoms with Gasteiger partial charge in [-0.2, -0.15) is 0 Å². The van der Waals surface area contributed by atoms with E-state index < -0.39 is 0 Å². The first-order chi connectivity index (χ1) is 10.7. The van der Waals surface area contributed by atoms with Gasteiger partial charge in [0, 0.05) is 30.6 Å². The molecular formula is C16H16N4O2. The minimum Gasteiger partial charge on any atom is -0.463 e. The number of aryl methyl sites for hydroxylation is 1. The number of pyridine rings is 1. The Morgan fingerprint density at radius 2 is 2.23 bits per heavy atom. The summed E-state index contributed by atoms with van der Waals surface area (Å²) in [6, 6.07) is 7.02. The van der Waals surface area contributed by atoms with Crippen molar-refractivity contribution in [2.45, 2.75) is 19.9 Å². The van der Waals surface area contributed by atoms with E-state index in [-0.39, 0.29) is 11.5 Å². The number of aromatic nitrogens is 3. The van der Waals surface area contributed by atoms with Gasteiger partial charge in [-0.25, -0.2) is 9.97 Å². The molecule has 112 valence electrons. The van der Waals surface area contributed by atoms with Crippen molar-refractivity contribution in [3.8, 4) is 22.6 Å². The Kier molecular flexibility index (Phi) is 3.74. The molecule has 22 heavy (non-hydrogen) atoms. The van der Waals surface area contributed by atoms with Crippen molar-refractivity contribution in [2.75, 3.05) is 5.73 Å². The number of rotatable bonds is 4. The molecule has 3 aromatic rings. The first-order valence-corrected chi connectivity index (χ1v) is 7.06. The van der Waals surface area contributed by atoms with Crippen LogP contribution in [0.25, 0.3) is 22.6 Å². The molecule has 2 N–H and O–H groups in total. The maximum Gasteiger partial charge on any atom is 0.251 e. The van der Waals surface area contributed by atoms with E-state index in [1.54, 1.807) is 41.4 Å². The van der Waals surface area contributed by atoms with Crippen LogP contribution in [0, 0.1) is 0 Å². The van der Waals surface area contributed by atoms with E-state index >= 15 is 0 Å². The van der Waals surface area contributed by atoms with E-state index in [0.29, 0.717) is 23.6 Å². The average Bonchev–Trinajstić information content (AvgIpc) is 3.04. The molecule has 3 rings (SSSR count). The Morgan fingerprint density at radius 3 is 2.91 bits per heavy atom. The lowest BCUT2D eigenvalue weighted by molar-refractivity contribution is 0.580. The Bertz CT molecular complexity index is 838. The number of hydrogen-bond acceptors (Lipinski definition) is 5. The molecule has 3 heterocycles. The lowest BCUT2D eigenvalue weighted by atomic mass is 10.1. The van der Waals surface area contributed by atoms with Gasteiger partial charge >= 0.3 is 0 Å². The summed E-state index contributed by atoms with van der Waals surface area (Å²) in [7, 11) is 0. The predicted molar refractivity (Wildman–Crippen MR) is 84.1 cm³/mol. The maximum absolute atomic E-state index is 12.1. The second-order valence-electron chi connectivity index (χ2n) is 4.91. The van der Waals surface area contributed by atoms with Crippen molar-refractivity contribution in [1.82, 2.24) is 14.5 Å². The molecule has 0 saturated heterocycles. The van der Waals surface area contributed by atoms with Crippen LogP contribution in [0.5, 0.6) is 0 Å². The number of furan rings is 1. The Balaban J connectivity index is 2.13. The zero-order chi connectivity index (χ0) is 15.5. The highest BCUT2D eigenvalue weighted by atomic mass is 16.3. The van der Waals surface area contributed by atoms with Gasteiger partial charge in [0.1, 0.15) is 5.69 Å².